The van der Waals surface area contributed by atoms with Crippen molar-refractivity contribution in [1.82, 2.24) is 14.5 Å². The van der Waals surface area contributed by atoms with E-state index >= 15 is 0 Å². The summed E-state index contributed by atoms with van der Waals surface area (Å²) in [6.07, 6.45) is 2.17. The van der Waals surface area contributed by atoms with Crippen molar-refractivity contribution in [3.63, 3.8) is 0 Å². The van der Waals surface area contributed by atoms with E-state index in [1.165, 1.54) is 0 Å². The Morgan fingerprint density at radius 1 is 0.733 bits per heavy atom. The molecule has 144 valence electrons. The molecule has 0 unspecified atom stereocenters. The highest BCUT2D eigenvalue weighted by atomic mass is 16.1. The van der Waals surface area contributed by atoms with E-state index < -0.39 is 0 Å². The summed E-state index contributed by atoms with van der Waals surface area (Å²) >= 11 is 0. The molecule has 0 aliphatic carbocycles. The predicted molar refractivity (Wildman–Crippen MR) is 120 cm³/mol. The molecule has 4 nitrogen and oxygen atoms in total. The Morgan fingerprint density at radius 2 is 1.47 bits per heavy atom. The average Bonchev–Trinajstić information content (AvgIpc) is 2.81. The Balaban J connectivity index is 1.71. The van der Waals surface area contributed by atoms with Crippen molar-refractivity contribution in [2.24, 2.45) is 0 Å². The van der Waals surface area contributed by atoms with Gasteiger partial charge in [0.1, 0.15) is 11.2 Å². The van der Waals surface area contributed by atoms with E-state index in [4.69, 9.17) is 0 Å². The number of hydrogen-bond donors (Lipinski definition) is 0. The summed E-state index contributed by atoms with van der Waals surface area (Å²) in [6.45, 7) is 0. The Bertz CT molecular complexity index is 1380. The van der Waals surface area contributed by atoms with Crippen molar-refractivity contribution < 1.29 is 0 Å². The van der Waals surface area contributed by atoms with Gasteiger partial charge in [-0.05, 0) is 41.0 Å². The maximum Gasteiger partial charge on any atom is 0.278 e. The molecule has 5 aromatic rings. The Morgan fingerprint density at radius 3 is 2.27 bits per heavy atom. The molecular weight excluding hydrogens is 370 g/mol. The van der Waals surface area contributed by atoms with Gasteiger partial charge in [-0.25, -0.2) is 9.97 Å². The molecule has 3 aromatic carbocycles. The van der Waals surface area contributed by atoms with Crippen LogP contribution in [0.2, 0.25) is 0 Å². The van der Waals surface area contributed by atoms with E-state index in [2.05, 4.69) is 22.1 Å². The molecule has 30 heavy (non-hydrogen) atoms. The molecule has 0 aliphatic heterocycles. The molecule has 0 N–H and O–H groups in total. The molecule has 2 aromatic heterocycles. The van der Waals surface area contributed by atoms with E-state index in [1.54, 1.807) is 10.8 Å². The van der Waals surface area contributed by atoms with Crippen LogP contribution in [0.4, 0.5) is 0 Å². The zero-order valence-electron chi connectivity index (χ0n) is 16.3. The van der Waals surface area contributed by atoms with Gasteiger partial charge in [-0.3, -0.25) is 9.36 Å². The van der Waals surface area contributed by atoms with Crippen molar-refractivity contribution in [3.05, 3.63) is 125 Å². The fourth-order valence-electron chi connectivity index (χ4n) is 3.67. The molecule has 0 atom stereocenters. The largest absolute Gasteiger partial charge is 0.278 e. The van der Waals surface area contributed by atoms with Crippen molar-refractivity contribution in [3.8, 4) is 16.8 Å². The Labute approximate surface area is 174 Å². The van der Waals surface area contributed by atoms with Gasteiger partial charge in [0, 0.05) is 12.6 Å². The van der Waals surface area contributed by atoms with Crippen molar-refractivity contribution >= 4 is 11.2 Å². The lowest BCUT2D eigenvalue weighted by Crippen LogP contribution is -2.25. The lowest BCUT2D eigenvalue weighted by molar-refractivity contribution is 0.927. The maximum absolute atomic E-state index is 13.5. The molecular formula is C26H19N3O. The SMILES string of the molecule is O=c1c(Cc2ccccc2)nc2cccnc2n1-c1cccc(-c2ccccc2)c1. The molecule has 5 rings (SSSR count). The van der Waals surface area contributed by atoms with Crippen LogP contribution < -0.4 is 5.56 Å². The predicted octanol–water partition coefficient (Wildman–Crippen LogP) is 5.04. The smallest absolute Gasteiger partial charge is 0.267 e. The maximum atomic E-state index is 13.5. The normalized spacial score (nSPS) is 10.9. The first-order valence-electron chi connectivity index (χ1n) is 9.86. The zero-order chi connectivity index (χ0) is 20.3. The van der Waals surface area contributed by atoms with Crippen LogP contribution in [0.15, 0.2) is 108 Å². The second kappa shape index (κ2) is 7.76. The van der Waals surface area contributed by atoms with Crippen LogP contribution in [-0.2, 0) is 6.42 Å². The van der Waals surface area contributed by atoms with Crippen molar-refractivity contribution in [2.75, 3.05) is 0 Å². The van der Waals surface area contributed by atoms with Gasteiger partial charge in [0.05, 0.1) is 5.69 Å². The monoisotopic (exact) mass is 389 g/mol. The van der Waals surface area contributed by atoms with E-state index in [0.717, 1.165) is 22.4 Å². The van der Waals surface area contributed by atoms with Gasteiger partial charge < -0.3 is 0 Å². The fraction of sp³-hybridized carbons (Fsp3) is 0.0385. The summed E-state index contributed by atoms with van der Waals surface area (Å²) in [4.78, 5) is 22.6. The van der Waals surface area contributed by atoms with Crippen LogP contribution in [0.5, 0.6) is 0 Å². The Kier molecular flexibility index (Phi) is 4.66. The number of rotatable bonds is 4. The summed E-state index contributed by atoms with van der Waals surface area (Å²) in [6, 6.07) is 31.8. The lowest BCUT2D eigenvalue weighted by atomic mass is 10.1. The van der Waals surface area contributed by atoms with E-state index in [9.17, 15) is 4.79 Å². The van der Waals surface area contributed by atoms with Crippen LogP contribution in [0.25, 0.3) is 28.0 Å². The fourth-order valence-corrected chi connectivity index (χ4v) is 3.67. The number of fused-ring (bicyclic) bond motifs is 1. The van der Waals surface area contributed by atoms with Gasteiger partial charge in [-0.15, -0.1) is 0 Å². The van der Waals surface area contributed by atoms with Gasteiger partial charge in [0.15, 0.2) is 5.65 Å². The van der Waals surface area contributed by atoms with Crippen molar-refractivity contribution in [2.45, 2.75) is 6.42 Å². The lowest BCUT2D eigenvalue weighted by Gasteiger charge is -2.13. The van der Waals surface area contributed by atoms with Crippen LogP contribution in [-0.4, -0.2) is 14.5 Å². The molecule has 4 heteroatoms. The summed E-state index contributed by atoms with van der Waals surface area (Å²) < 4.78 is 1.67. The number of hydrogen-bond acceptors (Lipinski definition) is 3. The number of aromatic nitrogens is 3. The third kappa shape index (κ3) is 3.40. The summed E-state index contributed by atoms with van der Waals surface area (Å²) in [7, 11) is 0. The summed E-state index contributed by atoms with van der Waals surface area (Å²) in [5.74, 6) is 0. The first-order chi connectivity index (χ1) is 14.8. The van der Waals surface area contributed by atoms with Gasteiger partial charge in [-0.2, -0.15) is 0 Å². The highest BCUT2D eigenvalue weighted by Crippen LogP contribution is 2.23. The quantitative estimate of drug-likeness (QED) is 0.433. The minimum atomic E-state index is -0.143. The van der Waals surface area contributed by atoms with Gasteiger partial charge in [0.2, 0.25) is 0 Å². The zero-order valence-corrected chi connectivity index (χ0v) is 16.3. The molecule has 2 heterocycles. The average molecular weight is 389 g/mol. The van der Waals surface area contributed by atoms with Crippen LogP contribution in [0, 0.1) is 0 Å². The molecule has 0 aliphatic rings. The van der Waals surface area contributed by atoms with Gasteiger partial charge in [0.25, 0.3) is 5.56 Å². The molecule has 0 saturated carbocycles. The molecule has 0 fully saturated rings. The summed E-state index contributed by atoms with van der Waals surface area (Å²) in [5.41, 5.74) is 5.60. The Hall–Kier alpha value is -4.05. The number of nitrogens with zero attached hydrogens (tertiary/aromatic N) is 3. The first kappa shape index (κ1) is 18.0. The second-order valence-corrected chi connectivity index (χ2v) is 7.12. The van der Waals surface area contributed by atoms with E-state index in [-0.39, 0.29) is 5.56 Å². The molecule has 0 saturated heterocycles. The van der Waals surface area contributed by atoms with E-state index in [0.29, 0.717) is 23.3 Å². The van der Waals surface area contributed by atoms with Crippen LogP contribution in [0.1, 0.15) is 11.3 Å². The van der Waals surface area contributed by atoms with E-state index in [1.807, 2.05) is 84.9 Å². The van der Waals surface area contributed by atoms with Crippen LogP contribution >= 0.6 is 0 Å². The molecule has 0 spiro atoms. The highest BCUT2D eigenvalue weighted by molar-refractivity contribution is 5.73. The topological polar surface area (TPSA) is 47.8 Å². The molecule has 0 amide bonds. The minimum absolute atomic E-state index is 0.143. The third-order valence-corrected chi connectivity index (χ3v) is 5.11. The minimum Gasteiger partial charge on any atom is -0.267 e. The second-order valence-electron chi connectivity index (χ2n) is 7.12. The van der Waals surface area contributed by atoms with Crippen LogP contribution in [0.3, 0.4) is 0 Å². The van der Waals surface area contributed by atoms with Gasteiger partial charge >= 0.3 is 0 Å². The number of benzene rings is 3. The standard InChI is InChI=1S/C26H19N3O/c30-26-24(17-19-9-3-1-4-10-19)28-23-15-8-16-27-25(23)29(26)22-14-7-13-21(18-22)20-11-5-2-6-12-20/h1-16,18H,17H2. The number of pyridine rings is 1. The third-order valence-electron chi connectivity index (χ3n) is 5.11. The molecule has 0 radical (unpaired) electrons. The van der Waals surface area contributed by atoms with Gasteiger partial charge in [-0.1, -0.05) is 72.8 Å². The van der Waals surface area contributed by atoms with Crippen molar-refractivity contribution in [1.29, 1.82) is 0 Å². The first-order valence-corrected chi connectivity index (χ1v) is 9.86. The molecule has 0 bridgehead atoms. The highest BCUT2D eigenvalue weighted by Gasteiger charge is 2.14. The summed E-state index contributed by atoms with van der Waals surface area (Å²) in [5, 5.41) is 0.